The predicted octanol–water partition coefficient (Wildman–Crippen LogP) is 3.94. The van der Waals surface area contributed by atoms with E-state index in [9.17, 15) is 0 Å². The van der Waals surface area contributed by atoms with E-state index < -0.39 is 0 Å². The number of hydrogen-bond acceptors (Lipinski definition) is 2. The van der Waals surface area contributed by atoms with Crippen LogP contribution < -0.4 is 10.5 Å². The fourth-order valence-electron chi connectivity index (χ4n) is 2.17. The van der Waals surface area contributed by atoms with Gasteiger partial charge in [-0.2, -0.15) is 0 Å². The number of hydrogen-bond donors (Lipinski definition) is 1. The molecular weight excluding hydrogens is 234 g/mol. The van der Waals surface area contributed by atoms with E-state index >= 15 is 0 Å². The molecule has 19 heavy (non-hydrogen) atoms. The number of rotatable bonds is 4. The maximum Gasteiger partial charge on any atom is 0.126 e. The average molecular weight is 255 g/mol. The van der Waals surface area contributed by atoms with Crippen molar-refractivity contribution in [1.82, 2.24) is 0 Å². The van der Waals surface area contributed by atoms with Crippen LogP contribution in [0.4, 0.5) is 0 Å². The van der Waals surface area contributed by atoms with Crippen LogP contribution in [-0.4, -0.2) is 7.11 Å². The SMILES string of the molecule is COc1ccc(CN)cc1-c1cccc(C(C)C)c1. The first-order chi connectivity index (χ1) is 9.15. The summed E-state index contributed by atoms with van der Waals surface area (Å²) >= 11 is 0. The molecule has 2 aromatic carbocycles. The maximum absolute atomic E-state index is 5.73. The van der Waals surface area contributed by atoms with Crippen LogP contribution in [-0.2, 0) is 6.54 Å². The highest BCUT2D eigenvalue weighted by molar-refractivity contribution is 5.71. The molecule has 2 heteroatoms. The monoisotopic (exact) mass is 255 g/mol. The zero-order chi connectivity index (χ0) is 13.8. The molecule has 0 fully saturated rings. The normalized spacial score (nSPS) is 10.8. The van der Waals surface area contributed by atoms with Crippen LogP contribution in [0.2, 0.25) is 0 Å². The fourth-order valence-corrected chi connectivity index (χ4v) is 2.17. The second-order valence-corrected chi connectivity index (χ2v) is 5.02. The van der Waals surface area contributed by atoms with Crippen LogP contribution in [0.15, 0.2) is 42.5 Å². The first kappa shape index (κ1) is 13.6. The molecule has 0 atom stereocenters. The standard InChI is InChI=1S/C17H21NO/c1-12(2)14-5-4-6-15(10-14)16-9-13(11-18)7-8-17(16)19-3/h4-10,12H,11,18H2,1-3H3. The summed E-state index contributed by atoms with van der Waals surface area (Å²) in [6, 6.07) is 14.7. The van der Waals surface area contributed by atoms with E-state index in [2.05, 4.69) is 44.2 Å². The second-order valence-electron chi connectivity index (χ2n) is 5.02. The Kier molecular flexibility index (Phi) is 4.23. The zero-order valence-electron chi connectivity index (χ0n) is 11.8. The summed E-state index contributed by atoms with van der Waals surface area (Å²) < 4.78 is 5.46. The van der Waals surface area contributed by atoms with E-state index in [0.717, 1.165) is 16.9 Å². The van der Waals surface area contributed by atoms with Gasteiger partial charge in [0.2, 0.25) is 0 Å². The highest BCUT2D eigenvalue weighted by Crippen LogP contribution is 2.32. The van der Waals surface area contributed by atoms with Crippen molar-refractivity contribution in [1.29, 1.82) is 0 Å². The minimum atomic E-state index is 0.517. The van der Waals surface area contributed by atoms with Crippen LogP contribution in [0.1, 0.15) is 30.9 Å². The number of benzene rings is 2. The number of ether oxygens (including phenoxy) is 1. The Morgan fingerprint density at radius 1 is 1.11 bits per heavy atom. The predicted molar refractivity (Wildman–Crippen MR) is 80.4 cm³/mol. The van der Waals surface area contributed by atoms with Crippen LogP contribution in [0.5, 0.6) is 5.75 Å². The lowest BCUT2D eigenvalue weighted by Gasteiger charge is -2.13. The quantitative estimate of drug-likeness (QED) is 0.898. The molecule has 0 aliphatic rings. The fraction of sp³-hybridized carbons (Fsp3) is 0.294. The van der Waals surface area contributed by atoms with Crippen molar-refractivity contribution >= 4 is 0 Å². The van der Waals surface area contributed by atoms with Crippen molar-refractivity contribution in [3.63, 3.8) is 0 Å². The molecule has 0 heterocycles. The van der Waals surface area contributed by atoms with Gasteiger partial charge in [0.25, 0.3) is 0 Å². The minimum Gasteiger partial charge on any atom is -0.496 e. The molecular formula is C17H21NO. The topological polar surface area (TPSA) is 35.2 Å². The Labute approximate surface area is 115 Å². The van der Waals surface area contributed by atoms with Crippen molar-refractivity contribution in [3.8, 4) is 16.9 Å². The van der Waals surface area contributed by atoms with E-state index in [1.807, 2.05) is 12.1 Å². The molecule has 0 aliphatic carbocycles. The Morgan fingerprint density at radius 3 is 2.53 bits per heavy atom. The van der Waals surface area contributed by atoms with Gasteiger partial charge < -0.3 is 10.5 Å². The van der Waals surface area contributed by atoms with Gasteiger partial charge in [-0.3, -0.25) is 0 Å². The van der Waals surface area contributed by atoms with Gasteiger partial charge in [-0.05, 0) is 34.7 Å². The second kappa shape index (κ2) is 5.89. The maximum atomic E-state index is 5.73. The van der Waals surface area contributed by atoms with E-state index in [1.54, 1.807) is 7.11 Å². The largest absolute Gasteiger partial charge is 0.496 e. The molecule has 0 aliphatic heterocycles. The molecule has 2 N–H and O–H groups in total. The molecule has 0 aromatic heterocycles. The number of nitrogens with two attached hydrogens (primary N) is 1. The third-order valence-corrected chi connectivity index (χ3v) is 3.36. The third-order valence-electron chi connectivity index (χ3n) is 3.36. The van der Waals surface area contributed by atoms with Crippen LogP contribution in [0.3, 0.4) is 0 Å². The van der Waals surface area contributed by atoms with Gasteiger partial charge in [-0.25, -0.2) is 0 Å². The van der Waals surface area contributed by atoms with Crippen LogP contribution in [0.25, 0.3) is 11.1 Å². The summed E-state index contributed by atoms with van der Waals surface area (Å²) in [7, 11) is 1.70. The zero-order valence-corrected chi connectivity index (χ0v) is 11.8. The van der Waals surface area contributed by atoms with Crippen molar-refractivity contribution in [2.75, 3.05) is 7.11 Å². The van der Waals surface area contributed by atoms with Crippen molar-refractivity contribution in [2.45, 2.75) is 26.3 Å². The van der Waals surface area contributed by atoms with Gasteiger partial charge in [-0.15, -0.1) is 0 Å². The Morgan fingerprint density at radius 2 is 1.89 bits per heavy atom. The Balaban J connectivity index is 2.53. The molecule has 0 saturated carbocycles. The van der Waals surface area contributed by atoms with Crippen LogP contribution >= 0.6 is 0 Å². The minimum absolute atomic E-state index is 0.517. The van der Waals surface area contributed by atoms with E-state index in [0.29, 0.717) is 12.5 Å². The van der Waals surface area contributed by atoms with Crippen molar-refractivity contribution < 1.29 is 4.74 Å². The third kappa shape index (κ3) is 2.96. The van der Waals surface area contributed by atoms with E-state index in [4.69, 9.17) is 10.5 Å². The molecule has 0 saturated heterocycles. The number of methoxy groups -OCH3 is 1. The Hall–Kier alpha value is -1.80. The first-order valence-corrected chi connectivity index (χ1v) is 6.63. The molecule has 0 bridgehead atoms. The lowest BCUT2D eigenvalue weighted by atomic mass is 9.96. The lowest BCUT2D eigenvalue weighted by molar-refractivity contribution is 0.416. The summed E-state index contributed by atoms with van der Waals surface area (Å²) in [6.07, 6.45) is 0. The van der Waals surface area contributed by atoms with Gasteiger partial charge in [0.05, 0.1) is 7.11 Å². The molecule has 100 valence electrons. The molecule has 2 aromatic rings. The van der Waals surface area contributed by atoms with Crippen molar-refractivity contribution in [2.24, 2.45) is 5.73 Å². The van der Waals surface area contributed by atoms with Gasteiger partial charge in [0.1, 0.15) is 5.75 Å². The lowest BCUT2D eigenvalue weighted by Crippen LogP contribution is -1.98. The molecule has 2 rings (SSSR count). The summed E-state index contributed by atoms with van der Waals surface area (Å²) in [4.78, 5) is 0. The van der Waals surface area contributed by atoms with Gasteiger partial charge >= 0.3 is 0 Å². The highest BCUT2D eigenvalue weighted by atomic mass is 16.5. The summed E-state index contributed by atoms with van der Waals surface area (Å²) in [5, 5.41) is 0. The van der Waals surface area contributed by atoms with E-state index in [-0.39, 0.29) is 0 Å². The average Bonchev–Trinajstić information content (AvgIpc) is 2.46. The summed E-state index contributed by atoms with van der Waals surface area (Å²) in [6.45, 7) is 4.94. The highest BCUT2D eigenvalue weighted by Gasteiger charge is 2.08. The first-order valence-electron chi connectivity index (χ1n) is 6.63. The smallest absolute Gasteiger partial charge is 0.126 e. The Bertz CT molecular complexity index is 561. The van der Waals surface area contributed by atoms with E-state index in [1.165, 1.54) is 11.1 Å². The molecule has 0 amide bonds. The van der Waals surface area contributed by atoms with Crippen LogP contribution in [0, 0.1) is 0 Å². The van der Waals surface area contributed by atoms with Gasteiger partial charge in [-0.1, -0.05) is 44.2 Å². The van der Waals surface area contributed by atoms with Crippen molar-refractivity contribution in [3.05, 3.63) is 53.6 Å². The summed E-state index contributed by atoms with van der Waals surface area (Å²) in [5.74, 6) is 1.40. The molecule has 0 spiro atoms. The molecule has 2 nitrogen and oxygen atoms in total. The van der Waals surface area contributed by atoms with Gasteiger partial charge in [0, 0.05) is 12.1 Å². The molecule has 0 radical (unpaired) electrons. The van der Waals surface area contributed by atoms with Gasteiger partial charge in [0.15, 0.2) is 0 Å². The summed E-state index contributed by atoms with van der Waals surface area (Å²) in [5.41, 5.74) is 10.5. The molecule has 0 unspecified atom stereocenters.